The van der Waals surface area contributed by atoms with E-state index in [4.69, 9.17) is 37.4 Å². The molecule has 0 radical (unpaired) electrons. The van der Waals surface area contributed by atoms with Crippen LogP contribution in [0.1, 0.15) is 70.1 Å². The summed E-state index contributed by atoms with van der Waals surface area (Å²) in [5.74, 6) is 1.57. The van der Waals surface area contributed by atoms with Gasteiger partial charge in [0.1, 0.15) is 28.0 Å². The lowest BCUT2D eigenvalue weighted by Gasteiger charge is -2.25. The van der Waals surface area contributed by atoms with Crippen LogP contribution in [0.3, 0.4) is 0 Å². The van der Waals surface area contributed by atoms with Crippen LogP contribution >= 0.6 is 39.1 Å². The average Bonchev–Trinajstić information content (AvgIpc) is 3.87. The van der Waals surface area contributed by atoms with Crippen LogP contribution in [0, 0.1) is 5.92 Å². The van der Waals surface area contributed by atoms with Gasteiger partial charge >= 0.3 is 0 Å². The first-order valence-corrected chi connectivity index (χ1v) is 20.4. The zero-order valence-corrected chi connectivity index (χ0v) is 34.0. The minimum atomic E-state index is -0.393. The average molecular weight is 871 g/mol. The van der Waals surface area contributed by atoms with Crippen LogP contribution < -0.4 is 30.4 Å². The van der Waals surface area contributed by atoms with Crippen molar-refractivity contribution in [3.05, 3.63) is 95.9 Å². The van der Waals surface area contributed by atoms with Crippen molar-refractivity contribution in [1.29, 1.82) is 0 Å². The van der Waals surface area contributed by atoms with Crippen molar-refractivity contribution in [3.8, 4) is 11.8 Å². The zero-order chi connectivity index (χ0) is 39.2. The van der Waals surface area contributed by atoms with Crippen molar-refractivity contribution in [2.45, 2.75) is 76.7 Å². The van der Waals surface area contributed by atoms with Gasteiger partial charge < -0.3 is 24.0 Å². The van der Waals surface area contributed by atoms with Gasteiger partial charge in [0, 0.05) is 67.5 Å². The second-order valence-electron chi connectivity index (χ2n) is 14.3. The van der Waals surface area contributed by atoms with Gasteiger partial charge in [0.25, 0.3) is 11.1 Å². The first kappa shape index (κ1) is 39.9. The molecule has 3 saturated heterocycles. The number of anilines is 2. The maximum absolute atomic E-state index is 12.7. The lowest BCUT2D eigenvalue weighted by atomic mass is 9.85. The number of carbonyl (C=O) groups excluding carboxylic acids is 1. The first-order chi connectivity index (χ1) is 27.1. The third-order valence-corrected chi connectivity index (χ3v) is 11.7. The van der Waals surface area contributed by atoms with Gasteiger partial charge in [-0.05, 0) is 68.7 Å². The number of ketones is 1. The Hall–Kier alpha value is -4.31. The highest BCUT2D eigenvalue weighted by molar-refractivity contribution is 9.10. The van der Waals surface area contributed by atoms with E-state index >= 15 is 0 Å². The Kier molecular flexibility index (Phi) is 13.0. The summed E-state index contributed by atoms with van der Waals surface area (Å²) >= 11 is 15.9. The van der Waals surface area contributed by atoms with Gasteiger partial charge in [-0.2, -0.15) is 14.9 Å². The molecule has 17 heteroatoms. The molecule has 0 spiro atoms. The number of ether oxygens (including phenoxy) is 3. The highest BCUT2D eigenvalue weighted by Crippen LogP contribution is 2.33. The van der Waals surface area contributed by atoms with E-state index < -0.39 is 5.56 Å². The summed E-state index contributed by atoms with van der Waals surface area (Å²) in [6, 6.07) is 7.63. The van der Waals surface area contributed by atoms with Crippen molar-refractivity contribution in [2.75, 3.05) is 42.6 Å². The number of rotatable bonds is 9. The fourth-order valence-corrected chi connectivity index (χ4v) is 8.17. The van der Waals surface area contributed by atoms with Crippen molar-refractivity contribution in [2.24, 2.45) is 5.92 Å². The topological polar surface area (TPSA) is 158 Å². The molecule has 0 amide bonds. The quantitative estimate of drug-likeness (QED) is 0.191. The van der Waals surface area contributed by atoms with E-state index in [0.29, 0.717) is 42.8 Å². The molecule has 3 aliphatic heterocycles. The van der Waals surface area contributed by atoms with Crippen LogP contribution in [-0.2, 0) is 9.53 Å². The summed E-state index contributed by atoms with van der Waals surface area (Å²) in [5.41, 5.74) is 2.89. The molecule has 0 bridgehead atoms. The van der Waals surface area contributed by atoms with Crippen molar-refractivity contribution < 1.29 is 19.0 Å². The van der Waals surface area contributed by atoms with Gasteiger partial charge in [-0.3, -0.25) is 14.4 Å². The number of carbonyl (C=O) groups is 1. The lowest BCUT2D eigenvalue weighted by molar-refractivity contribution is -0.120. The number of aromatic nitrogens is 6. The third kappa shape index (κ3) is 9.61. The van der Waals surface area contributed by atoms with Crippen molar-refractivity contribution in [3.63, 3.8) is 0 Å². The monoisotopic (exact) mass is 868 g/mol. The second-order valence-corrected chi connectivity index (χ2v) is 15.9. The van der Waals surface area contributed by atoms with E-state index in [-0.39, 0.29) is 45.7 Å². The Balaban J connectivity index is 0.000000172. The molecule has 4 aliphatic rings. The molecule has 0 saturated carbocycles. The summed E-state index contributed by atoms with van der Waals surface area (Å²) in [4.78, 5) is 48.5. The van der Waals surface area contributed by atoms with Gasteiger partial charge in [0.15, 0.2) is 6.23 Å². The van der Waals surface area contributed by atoms with Gasteiger partial charge in [0.2, 0.25) is 11.8 Å². The number of Topliss-reactive ketones (excluding diaryl/α,β-unsaturated/α-hetero) is 1. The summed E-state index contributed by atoms with van der Waals surface area (Å²) in [6.07, 6.45) is 15.5. The number of aromatic amines is 1. The molecule has 4 aromatic rings. The minimum absolute atomic E-state index is 0.0213. The first-order valence-electron chi connectivity index (χ1n) is 18.9. The molecule has 0 aromatic carbocycles. The van der Waals surface area contributed by atoms with Crippen LogP contribution in [0.5, 0.6) is 11.8 Å². The van der Waals surface area contributed by atoms with Crippen molar-refractivity contribution >= 4 is 61.9 Å². The molecule has 8 rings (SSSR count). The summed E-state index contributed by atoms with van der Waals surface area (Å²) < 4.78 is 20.0. The molecule has 1 N–H and O–H groups in total. The number of nitrogens with zero attached hydrogens (tertiary/aromatic N) is 7. The van der Waals surface area contributed by atoms with Crippen LogP contribution in [0.4, 0.5) is 11.4 Å². The number of halogens is 3. The third-order valence-electron chi connectivity index (χ3n) is 10.5. The van der Waals surface area contributed by atoms with E-state index in [9.17, 15) is 14.4 Å². The maximum atomic E-state index is 12.7. The summed E-state index contributed by atoms with van der Waals surface area (Å²) in [5, 5.41) is 10.8. The maximum Gasteiger partial charge on any atom is 0.290 e. The highest BCUT2D eigenvalue weighted by Gasteiger charge is 2.30. The molecule has 7 heterocycles. The van der Waals surface area contributed by atoms with Crippen molar-refractivity contribution in [1.82, 2.24) is 29.9 Å². The molecule has 1 aliphatic carbocycles. The predicted octanol–water partition coefficient (Wildman–Crippen LogP) is 6.66. The SMILES string of the molecule is CC(=O)C1CC=C(c2ccnc(O[C@@H]3CCN(c4cn[nH]c(=O)c4Cl)C3)c2)CC1.O=c1c(Cl)c(N2CC[C@@H](Oc3cc(Br)ccn3)C2)cnn1C1CCCCO1. The zero-order valence-electron chi connectivity index (χ0n) is 30.9. The second kappa shape index (κ2) is 18.3. The fourth-order valence-electron chi connectivity index (χ4n) is 7.39. The standard InChI is InChI=1S/C21H23ClN4O3.C18H20BrClN4O3/c1-13(27)14-2-4-15(5-3-14)16-6-8-23-19(10-16)29-17-7-9-26(12-17)18-11-24-25-21(28)20(18)22;19-12-4-6-21-15(9-12)27-13-5-7-23(11-13)14-10-22-24(18(25)17(14)20)16-3-1-2-8-26-16/h4,6,8,10-11,14,17H,2-3,5,7,9,12H2,1H3,(H,25,28);4,6,9-10,13,16H,1-3,5,7-8,11H2/t14?,17-;13-,16?/m11/s1. The molecule has 296 valence electrons. The van der Waals surface area contributed by atoms with Crippen LogP contribution in [0.2, 0.25) is 10.0 Å². The molecular weight excluding hydrogens is 827 g/mol. The van der Waals surface area contributed by atoms with Gasteiger partial charge in [0.05, 0.1) is 36.9 Å². The summed E-state index contributed by atoms with van der Waals surface area (Å²) in [6.45, 7) is 5.02. The lowest BCUT2D eigenvalue weighted by Crippen LogP contribution is -2.33. The Morgan fingerprint density at radius 2 is 1.61 bits per heavy atom. The predicted molar refractivity (Wildman–Crippen MR) is 217 cm³/mol. The van der Waals surface area contributed by atoms with E-state index in [1.807, 2.05) is 34.1 Å². The minimum Gasteiger partial charge on any atom is -0.472 e. The van der Waals surface area contributed by atoms with Crippen LogP contribution in [-0.4, -0.2) is 80.7 Å². The number of nitrogens with one attached hydrogen (secondary N) is 1. The highest BCUT2D eigenvalue weighted by atomic mass is 79.9. The van der Waals surface area contributed by atoms with Crippen LogP contribution in [0.15, 0.2) is 69.2 Å². The van der Waals surface area contributed by atoms with E-state index in [1.54, 1.807) is 31.7 Å². The molecule has 2 unspecified atom stereocenters. The van der Waals surface area contributed by atoms with Gasteiger partial charge in [-0.15, -0.1) is 0 Å². The van der Waals surface area contributed by atoms with E-state index in [0.717, 1.165) is 74.5 Å². The van der Waals surface area contributed by atoms with E-state index in [2.05, 4.69) is 47.3 Å². The number of hydrogen-bond acceptors (Lipinski definition) is 12. The Morgan fingerprint density at radius 1 is 0.911 bits per heavy atom. The normalized spacial score (nSPS) is 22.2. The Morgan fingerprint density at radius 3 is 2.25 bits per heavy atom. The van der Waals surface area contributed by atoms with Gasteiger partial charge in [-0.1, -0.05) is 45.2 Å². The molecule has 56 heavy (non-hydrogen) atoms. The van der Waals surface area contributed by atoms with Gasteiger partial charge in [-0.25, -0.2) is 15.1 Å². The smallest absolute Gasteiger partial charge is 0.290 e. The molecule has 4 aromatic heterocycles. The largest absolute Gasteiger partial charge is 0.472 e. The molecule has 4 atom stereocenters. The number of hydrogen-bond donors (Lipinski definition) is 1. The number of pyridine rings is 2. The Labute approximate surface area is 342 Å². The Bertz CT molecular complexity index is 2180. The fraction of sp³-hybridized carbons (Fsp3) is 0.462. The van der Waals surface area contributed by atoms with E-state index in [1.165, 1.54) is 10.3 Å². The van der Waals surface area contributed by atoms with Crippen LogP contribution in [0.25, 0.3) is 5.57 Å². The number of H-pyrrole nitrogens is 1. The molecular formula is C39H43BrCl2N8O6. The summed E-state index contributed by atoms with van der Waals surface area (Å²) in [7, 11) is 0. The number of allylic oxidation sites excluding steroid dienone is 2. The molecule has 3 fully saturated rings. The molecule has 14 nitrogen and oxygen atoms in total.